The molecule has 2 heterocycles. The summed E-state index contributed by atoms with van der Waals surface area (Å²) in [6, 6.07) is 0.619. The summed E-state index contributed by atoms with van der Waals surface area (Å²) < 4.78 is 0. The maximum Gasteiger partial charge on any atom is 0.228 e. The van der Waals surface area contributed by atoms with Gasteiger partial charge >= 0.3 is 0 Å². The van der Waals surface area contributed by atoms with Gasteiger partial charge in [-0.2, -0.15) is 29.9 Å². The molecule has 10 nitrogen and oxygen atoms in total. The van der Waals surface area contributed by atoms with E-state index in [2.05, 4.69) is 78.9 Å². The van der Waals surface area contributed by atoms with Crippen LogP contribution >= 0.6 is 23.4 Å². The second-order valence-corrected chi connectivity index (χ2v) is 7.49. The van der Waals surface area contributed by atoms with E-state index in [4.69, 9.17) is 11.6 Å². The minimum absolute atomic E-state index is 0.196. The Morgan fingerprint density at radius 3 is 1.48 bits per heavy atom. The van der Waals surface area contributed by atoms with E-state index in [1.165, 1.54) is 11.8 Å². The molecule has 0 spiro atoms. The molecule has 0 aliphatic heterocycles. The molecule has 0 aromatic carbocycles. The van der Waals surface area contributed by atoms with E-state index >= 15 is 0 Å². The summed E-state index contributed by atoms with van der Waals surface area (Å²) in [6.07, 6.45) is 1.95. The number of hydrogen-bond donors (Lipinski definition) is 4. The lowest BCUT2D eigenvalue weighted by molar-refractivity contribution is 0.813. The lowest BCUT2D eigenvalue weighted by Crippen LogP contribution is -2.17. The van der Waals surface area contributed by atoms with Gasteiger partial charge in [0.2, 0.25) is 29.1 Å². The number of rotatable bonds is 9. The van der Waals surface area contributed by atoms with E-state index < -0.39 is 0 Å². The molecular weight excluding hydrogens is 412 g/mol. The van der Waals surface area contributed by atoms with Gasteiger partial charge in [0.1, 0.15) is 0 Å². The molecule has 0 aliphatic carbocycles. The fraction of sp³-hybridized carbons (Fsp3) is 0.647. The molecular formula is C17H31ClN10S. The zero-order chi connectivity index (χ0) is 21.8. The maximum atomic E-state index is 5.68. The normalized spacial score (nSPS) is 10.4. The van der Waals surface area contributed by atoms with Crippen molar-refractivity contribution in [2.75, 3.05) is 40.6 Å². The molecule has 0 aliphatic rings. The number of nitrogens with one attached hydrogen (secondary N) is 4. The molecule has 29 heavy (non-hydrogen) atoms. The zero-order valence-electron chi connectivity index (χ0n) is 18.0. The molecule has 0 amide bonds. The molecule has 4 N–H and O–H groups in total. The fourth-order valence-corrected chi connectivity index (χ4v) is 2.43. The van der Waals surface area contributed by atoms with Gasteiger partial charge in [0, 0.05) is 25.2 Å². The Labute approximate surface area is 181 Å². The Morgan fingerprint density at radius 1 is 0.724 bits per heavy atom. The van der Waals surface area contributed by atoms with Crippen molar-refractivity contribution < 1.29 is 0 Å². The quantitative estimate of drug-likeness (QED) is 0.425. The average Bonchev–Trinajstić information content (AvgIpc) is 2.61. The summed E-state index contributed by atoms with van der Waals surface area (Å²) >= 11 is 7.19. The number of halogens is 1. The van der Waals surface area contributed by atoms with Crippen molar-refractivity contribution in [2.45, 2.75) is 58.8 Å². The molecule has 12 heteroatoms. The van der Waals surface area contributed by atoms with Crippen molar-refractivity contribution in [1.82, 2.24) is 29.9 Å². The van der Waals surface area contributed by atoms with Crippen LogP contribution in [0.15, 0.2) is 5.16 Å². The van der Waals surface area contributed by atoms with Crippen LogP contribution in [0.2, 0.25) is 5.28 Å². The molecule has 2 aromatic heterocycles. The first-order valence-electron chi connectivity index (χ1n) is 9.49. The SMILES string of the molecule is CCNc1nc(Cl)nc(NCC)n1.CSc1nc(NC(C)C)nc(NC(C)C)n1. The molecule has 0 saturated heterocycles. The molecule has 2 aromatic rings. The maximum absolute atomic E-state index is 5.68. The summed E-state index contributed by atoms with van der Waals surface area (Å²) in [4.78, 5) is 24.8. The highest BCUT2D eigenvalue weighted by Gasteiger charge is 2.07. The van der Waals surface area contributed by atoms with Crippen molar-refractivity contribution in [3.63, 3.8) is 0 Å². The first-order valence-corrected chi connectivity index (χ1v) is 11.1. The number of hydrogen-bond acceptors (Lipinski definition) is 11. The van der Waals surface area contributed by atoms with Crippen LogP contribution < -0.4 is 21.3 Å². The van der Waals surface area contributed by atoms with Crippen LogP contribution in [0.3, 0.4) is 0 Å². The summed E-state index contributed by atoms with van der Waals surface area (Å²) in [6.45, 7) is 13.7. The van der Waals surface area contributed by atoms with Crippen molar-refractivity contribution >= 4 is 47.2 Å². The van der Waals surface area contributed by atoms with E-state index in [0.29, 0.717) is 35.9 Å². The molecule has 0 saturated carbocycles. The molecule has 162 valence electrons. The predicted molar refractivity (Wildman–Crippen MR) is 122 cm³/mol. The zero-order valence-corrected chi connectivity index (χ0v) is 19.6. The highest BCUT2D eigenvalue weighted by atomic mass is 35.5. The standard InChI is InChI=1S/C10H19N5S.C7H12ClN5/c1-6(2)11-8-13-9(12-7(3)4)15-10(14-8)16-5;1-3-9-6-11-5(8)12-7(13-6)10-4-2/h6-7H,1-5H3,(H2,11,12,13,14,15);3-4H2,1-2H3,(H2,9,10,11,12,13). The lowest BCUT2D eigenvalue weighted by atomic mass is 10.4. The van der Waals surface area contributed by atoms with Gasteiger partial charge in [-0.3, -0.25) is 0 Å². The lowest BCUT2D eigenvalue weighted by Gasteiger charge is -2.12. The first-order chi connectivity index (χ1) is 13.8. The van der Waals surface area contributed by atoms with Crippen LogP contribution in [0, 0.1) is 0 Å². The van der Waals surface area contributed by atoms with Crippen LogP contribution in [0.1, 0.15) is 41.5 Å². The van der Waals surface area contributed by atoms with Crippen LogP contribution in [0.25, 0.3) is 0 Å². The largest absolute Gasteiger partial charge is 0.354 e. The highest BCUT2D eigenvalue weighted by molar-refractivity contribution is 7.98. The summed E-state index contributed by atoms with van der Waals surface area (Å²) in [5, 5.41) is 13.2. The Bertz CT molecular complexity index is 692. The van der Waals surface area contributed by atoms with Crippen molar-refractivity contribution in [1.29, 1.82) is 0 Å². The minimum Gasteiger partial charge on any atom is -0.354 e. The van der Waals surface area contributed by atoms with E-state index in [-0.39, 0.29) is 5.28 Å². The van der Waals surface area contributed by atoms with Gasteiger partial charge in [-0.1, -0.05) is 11.8 Å². The van der Waals surface area contributed by atoms with Gasteiger partial charge in [-0.25, -0.2) is 0 Å². The van der Waals surface area contributed by atoms with E-state index in [9.17, 15) is 0 Å². The third kappa shape index (κ3) is 10.3. The third-order valence-corrected chi connectivity index (χ3v) is 3.63. The number of aromatic nitrogens is 6. The topological polar surface area (TPSA) is 125 Å². The van der Waals surface area contributed by atoms with E-state index in [1.54, 1.807) is 0 Å². The van der Waals surface area contributed by atoms with Crippen molar-refractivity contribution in [3.8, 4) is 0 Å². The monoisotopic (exact) mass is 442 g/mol. The second kappa shape index (κ2) is 13.2. The van der Waals surface area contributed by atoms with Gasteiger partial charge in [0.15, 0.2) is 5.16 Å². The summed E-state index contributed by atoms with van der Waals surface area (Å²) in [5.41, 5.74) is 0. The smallest absolute Gasteiger partial charge is 0.228 e. The van der Waals surface area contributed by atoms with Crippen LogP contribution in [0.4, 0.5) is 23.8 Å². The van der Waals surface area contributed by atoms with Gasteiger partial charge in [-0.05, 0) is 59.4 Å². The Hall–Kier alpha value is -2.14. The molecule has 0 unspecified atom stereocenters. The van der Waals surface area contributed by atoms with Crippen LogP contribution in [0.5, 0.6) is 0 Å². The van der Waals surface area contributed by atoms with Crippen LogP contribution in [-0.4, -0.2) is 61.3 Å². The number of anilines is 4. The third-order valence-electron chi connectivity index (χ3n) is 2.91. The summed E-state index contributed by atoms with van der Waals surface area (Å²) in [7, 11) is 0. The van der Waals surface area contributed by atoms with E-state index in [1.807, 2.05) is 20.1 Å². The van der Waals surface area contributed by atoms with Gasteiger partial charge in [0.25, 0.3) is 0 Å². The molecule has 0 radical (unpaired) electrons. The second-order valence-electron chi connectivity index (χ2n) is 6.38. The fourth-order valence-electron chi connectivity index (χ4n) is 1.92. The number of nitrogens with zero attached hydrogens (tertiary/aromatic N) is 6. The van der Waals surface area contributed by atoms with Crippen molar-refractivity contribution in [3.05, 3.63) is 5.28 Å². The Kier molecular flexibility index (Phi) is 11.3. The molecule has 0 atom stereocenters. The average molecular weight is 443 g/mol. The Morgan fingerprint density at radius 2 is 1.14 bits per heavy atom. The van der Waals surface area contributed by atoms with Gasteiger partial charge < -0.3 is 21.3 Å². The summed E-state index contributed by atoms with van der Waals surface area (Å²) in [5.74, 6) is 2.24. The van der Waals surface area contributed by atoms with Crippen LogP contribution in [-0.2, 0) is 0 Å². The highest BCUT2D eigenvalue weighted by Crippen LogP contribution is 2.14. The molecule has 0 fully saturated rings. The van der Waals surface area contributed by atoms with Gasteiger partial charge in [-0.15, -0.1) is 0 Å². The molecule has 0 bridgehead atoms. The molecule has 2 rings (SSSR count). The van der Waals surface area contributed by atoms with Crippen molar-refractivity contribution in [2.24, 2.45) is 0 Å². The Balaban J connectivity index is 0.000000296. The van der Waals surface area contributed by atoms with Gasteiger partial charge in [0.05, 0.1) is 0 Å². The predicted octanol–water partition coefficient (Wildman–Crippen LogP) is 3.62. The first kappa shape index (κ1) is 24.9. The minimum atomic E-state index is 0.196. The number of thioether (sulfide) groups is 1. The van der Waals surface area contributed by atoms with E-state index in [0.717, 1.165) is 18.2 Å².